The maximum absolute atomic E-state index is 2.79. The van der Waals surface area contributed by atoms with Crippen LogP contribution in [0.15, 0.2) is 97.1 Å². The van der Waals surface area contributed by atoms with Gasteiger partial charge in [0.25, 0.3) is 6.71 Å². The van der Waals surface area contributed by atoms with Crippen LogP contribution in [0.1, 0.15) is 212 Å². The van der Waals surface area contributed by atoms with Crippen LogP contribution in [0.5, 0.6) is 0 Å². The summed E-state index contributed by atoms with van der Waals surface area (Å²) >= 11 is 2.11. The first-order chi connectivity index (χ1) is 35.0. The Morgan fingerprint density at radius 3 is 1.56 bits per heavy atom. The van der Waals surface area contributed by atoms with Gasteiger partial charge >= 0.3 is 0 Å². The number of thiophene rings is 1. The standard InChI is InChI=1S/C71H83BN2S/c1-42-34-58-61-59(35-42)74(56-25-22-45(65(5,6)7)36-47(56)43-18-20-44(21-19-43)64(2,3)4)57-40-52-51(68(12,13)28-29-69(52,14)15)39-55(57)72(61)63-62(73(58)46-23-24-49-50(37-46)67(10,11)27-26-66(49,8)9)48-38-53-54(41-60(48)75-63)71(17)32-30-70(53,16)31-33-71/h18-25,34-41H,26-33H2,1-17H3. The van der Waals surface area contributed by atoms with E-state index in [4.69, 9.17) is 0 Å². The molecule has 0 saturated heterocycles. The van der Waals surface area contributed by atoms with Crippen LogP contribution >= 0.6 is 11.3 Å². The van der Waals surface area contributed by atoms with Crippen LogP contribution in [-0.4, -0.2) is 6.71 Å². The molecule has 2 nitrogen and oxygen atoms in total. The van der Waals surface area contributed by atoms with Crippen molar-refractivity contribution in [2.45, 2.75) is 212 Å². The molecular weight excluding hydrogens is 924 g/mol. The van der Waals surface area contributed by atoms with Gasteiger partial charge in [-0.25, -0.2) is 0 Å². The quantitative estimate of drug-likeness (QED) is 0.163. The van der Waals surface area contributed by atoms with Gasteiger partial charge < -0.3 is 9.80 Å². The van der Waals surface area contributed by atoms with E-state index in [1.807, 2.05) is 0 Å². The highest BCUT2D eigenvalue weighted by atomic mass is 32.1. The normalized spacial score (nSPS) is 23.3. The van der Waals surface area contributed by atoms with E-state index in [9.17, 15) is 0 Å². The third-order valence-corrected chi connectivity index (χ3v) is 22.1. The first-order valence-electron chi connectivity index (χ1n) is 29.0. The lowest BCUT2D eigenvalue weighted by Gasteiger charge is -2.52. The highest BCUT2D eigenvalue weighted by Gasteiger charge is 2.51. The zero-order chi connectivity index (χ0) is 53.1. The Morgan fingerprint density at radius 2 is 0.973 bits per heavy atom. The molecule has 2 aliphatic heterocycles. The van der Waals surface area contributed by atoms with Crippen LogP contribution in [0.2, 0.25) is 0 Å². The molecule has 7 aromatic rings. The molecule has 14 rings (SSSR count). The van der Waals surface area contributed by atoms with Gasteiger partial charge in [-0.3, -0.25) is 0 Å². The van der Waals surface area contributed by atoms with E-state index < -0.39 is 0 Å². The van der Waals surface area contributed by atoms with Crippen molar-refractivity contribution in [3.8, 4) is 11.1 Å². The largest absolute Gasteiger partial charge is 0.311 e. The number of hydrogen-bond acceptors (Lipinski definition) is 3. The summed E-state index contributed by atoms with van der Waals surface area (Å²) in [6.07, 6.45) is 9.89. The Labute approximate surface area is 455 Å². The third kappa shape index (κ3) is 7.21. The highest BCUT2D eigenvalue weighted by molar-refractivity contribution is 7.33. The molecule has 6 aromatic carbocycles. The molecule has 5 aliphatic carbocycles. The highest BCUT2D eigenvalue weighted by Crippen LogP contribution is 2.60. The second-order valence-electron chi connectivity index (χ2n) is 30.2. The lowest BCUT2D eigenvalue weighted by atomic mass is 9.35. The van der Waals surface area contributed by atoms with Crippen LogP contribution in [0.3, 0.4) is 0 Å². The minimum atomic E-state index is -0.0228. The molecule has 0 amide bonds. The second kappa shape index (κ2) is 15.6. The second-order valence-corrected chi connectivity index (χ2v) is 31.3. The van der Waals surface area contributed by atoms with Gasteiger partial charge in [0.05, 0.1) is 11.4 Å². The Kier molecular flexibility index (Phi) is 10.3. The Morgan fingerprint density at radius 1 is 0.453 bits per heavy atom. The first kappa shape index (κ1) is 49.5. The first-order valence-corrected chi connectivity index (χ1v) is 29.8. The fraction of sp³-hybridized carbons (Fsp3) is 0.465. The summed E-state index contributed by atoms with van der Waals surface area (Å²) in [5, 5.41) is 1.44. The molecule has 1 saturated carbocycles. The summed E-state index contributed by atoms with van der Waals surface area (Å²) in [5.41, 5.74) is 27.5. The van der Waals surface area contributed by atoms with Crippen molar-refractivity contribution in [2.75, 3.05) is 9.80 Å². The lowest BCUT2D eigenvalue weighted by molar-refractivity contribution is 0.188. The van der Waals surface area contributed by atoms with Crippen molar-refractivity contribution in [3.05, 3.63) is 147 Å². The van der Waals surface area contributed by atoms with Gasteiger partial charge in [0.15, 0.2) is 0 Å². The molecule has 386 valence electrons. The summed E-state index contributed by atoms with van der Waals surface area (Å²) in [6, 6.07) is 40.7. The molecule has 1 fully saturated rings. The Balaban J connectivity index is 1.16. The molecule has 0 atom stereocenters. The van der Waals surface area contributed by atoms with Crippen LogP contribution in [0, 0.1) is 6.92 Å². The Hall–Kier alpha value is -5.06. The molecule has 1 aromatic heterocycles. The van der Waals surface area contributed by atoms with E-state index >= 15 is 0 Å². The number of fused-ring (bicyclic) bond motifs is 10. The Bertz CT molecular complexity index is 3570. The lowest BCUT2D eigenvalue weighted by Crippen LogP contribution is -2.61. The number of hydrogen-bond donors (Lipinski definition) is 0. The van der Waals surface area contributed by atoms with Crippen molar-refractivity contribution >= 4 is 78.0 Å². The monoisotopic (exact) mass is 1010 g/mol. The van der Waals surface area contributed by atoms with E-state index in [1.165, 1.54) is 161 Å². The van der Waals surface area contributed by atoms with Gasteiger partial charge in [-0.15, -0.1) is 11.3 Å². The van der Waals surface area contributed by atoms with E-state index in [2.05, 4.69) is 236 Å². The number of aryl methyl sites for hydroxylation is 1. The number of nitrogens with zero attached hydrogens (tertiary/aromatic N) is 2. The van der Waals surface area contributed by atoms with E-state index in [0.717, 1.165) is 0 Å². The topological polar surface area (TPSA) is 6.48 Å². The van der Waals surface area contributed by atoms with Gasteiger partial charge in [0.1, 0.15) is 0 Å². The zero-order valence-electron chi connectivity index (χ0n) is 48.8. The number of rotatable bonds is 3. The third-order valence-electron chi connectivity index (χ3n) is 20.9. The molecule has 2 bridgehead atoms. The average molecular weight is 1010 g/mol. The summed E-state index contributed by atoms with van der Waals surface area (Å²) in [4.78, 5) is 5.54. The van der Waals surface area contributed by atoms with Crippen molar-refractivity contribution in [2.24, 2.45) is 0 Å². The van der Waals surface area contributed by atoms with E-state index in [0.29, 0.717) is 0 Å². The van der Waals surface area contributed by atoms with E-state index in [1.54, 1.807) is 11.1 Å². The fourth-order valence-electron chi connectivity index (χ4n) is 15.4. The predicted molar refractivity (Wildman–Crippen MR) is 327 cm³/mol. The van der Waals surface area contributed by atoms with E-state index in [-0.39, 0.29) is 50.0 Å². The SMILES string of the molecule is Cc1cc2c3c(c1)N(c1ccc4c(c1)C(C)(C)CCC4(C)C)c1c(sc4cc5c(cc14)C1(C)CCC5(C)CC1)B3c1cc3c(cc1N2c1ccc(C(C)(C)C)cc1-c1ccc(C(C)(C)C)cc1)C(C)(C)CCC3(C)C. The van der Waals surface area contributed by atoms with Gasteiger partial charge in [0.2, 0.25) is 0 Å². The zero-order valence-corrected chi connectivity index (χ0v) is 49.6. The van der Waals surface area contributed by atoms with Gasteiger partial charge in [-0.05, 0) is 223 Å². The summed E-state index contributed by atoms with van der Waals surface area (Å²) < 4.78 is 2.95. The van der Waals surface area contributed by atoms with Crippen molar-refractivity contribution in [1.82, 2.24) is 0 Å². The summed E-state index contributed by atoms with van der Waals surface area (Å²) in [5.74, 6) is 0. The van der Waals surface area contributed by atoms with Gasteiger partial charge in [-0.2, -0.15) is 0 Å². The predicted octanol–water partition coefficient (Wildman–Crippen LogP) is 18.4. The summed E-state index contributed by atoms with van der Waals surface area (Å²) in [7, 11) is 0. The molecule has 4 heteroatoms. The van der Waals surface area contributed by atoms with Crippen LogP contribution in [0.4, 0.5) is 34.1 Å². The average Bonchev–Trinajstić information content (AvgIpc) is 3.73. The van der Waals surface area contributed by atoms with Gasteiger partial charge in [-0.1, -0.05) is 153 Å². The minimum absolute atomic E-state index is 0.0228. The van der Waals surface area contributed by atoms with Crippen molar-refractivity contribution < 1.29 is 0 Å². The smallest absolute Gasteiger partial charge is 0.264 e. The van der Waals surface area contributed by atoms with Crippen molar-refractivity contribution in [1.29, 1.82) is 0 Å². The number of benzene rings is 6. The van der Waals surface area contributed by atoms with Gasteiger partial charge in [0, 0.05) is 43.2 Å². The summed E-state index contributed by atoms with van der Waals surface area (Å²) in [6.45, 7) is 41.7. The molecule has 0 unspecified atom stereocenters. The fourth-order valence-corrected chi connectivity index (χ4v) is 16.8. The van der Waals surface area contributed by atoms with Crippen molar-refractivity contribution in [3.63, 3.8) is 0 Å². The molecule has 0 N–H and O–H groups in total. The minimum Gasteiger partial charge on any atom is -0.311 e. The molecule has 0 radical (unpaired) electrons. The number of anilines is 6. The molecule has 75 heavy (non-hydrogen) atoms. The molecule has 7 aliphatic rings. The maximum atomic E-state index is 2.79. The molecule has 3 heterocycles. The molecule has 0 spiro atoms. The van der Waals surface area contributed by atoms with Crippen LogP contribution in [-0.2, 0) is 43.3 Å². The van der Waals surface area contributed by atoms with Crippen LogP contribution in [0.25, 0.3) is 21.2 Å². The molecular formula is C71H83BN2S. The maximum Gasteiger partial charge on any atom is 0.264 e. The van der Waals surface area contributed by atoms with Crippen LogP contribution < -0.4 is 25.5 Å².